The van der Waals surface area contributed by atoms with E-state index in [1.54, 1.807) is 14.2 Å². The molecule has 1 spiro atoms. The molecule has 4 rings (SSSR count). The summed E-state index contributed by atoms with van der Waals surface area (Å²) in [6.45, 7) is 4.82. The highest BCUT2D eigenvalue weighted by Crippen LogP contribution is 2.48. The monoisotopic (exact) mass is 363 g/mol. The van der Waals surface area contributed by atoms with Gasteiger partial charge in [-0.15, -0.1) is 0 Å². The van der Waals surface area contributed by atoms with E-state index < -0.39 is 29.9 Å². The fraction of sp³-hybridized carbons (Fsp3) is 0.632. The van der Waals surface area contributed by atoms with Gasteiger partial charge < -0.3 is 28.6 Å². The van der Waals surface area contributed by atoms with Crippen molar-refractivity contribution in [1.29, 1.82) is 0 Å². The van der Waals surface area contributed by atoms with Crippen LogP contribution in [0.2, 0.25) is 0 Å². The zero-order valence-corrected chi connectivity index (χ0v) is 15.6. The average Bonchev–Trinajstić information content (AvgIpc) is 3.21. The van der Waals surface area contributed by atoms with Gasteiger partial charge in [0.15, 0.2) is 17.7 Å². The number of ether oxygens (including phenoxy) is 5. The molecule has 3 aliphatic heterocycles. The van der Waals surface area contributed by atoms with Crippen molar-refractivity contribution in [2.24, 2.45) is 0 Å². The summed E-state index contributed by atoms with van der Waals surface area (Å²) in [7, 11) is 3.19. The molecule has 0 bridgehead atoms. The number of amides is 1. The van der Waals surface area contributed by atoms with Gasteiger partial charge >= 0.3 is 0 Å². The van der Waals surface area contributed by atoms with Gasteiger partial charge in [-0.3, -0.25) is 4.79 Å². The number of methoxy groups -OCH3 is 2. The molecular formula is C19H25NO6. The largest absolute Gasteiger partial charge is 0.497 e. The van der Waals surface area contributed by atoms with E-state index in [2.05, 4.69) is 0 Å². The maximum absolute atomic E-state index is 13.3. The second kappa shape index (κ2) is 6.20. The Hall–Kier alpha value is -1.67. The molecule has 0 aromatic heterocycles. The van der Waals surface area contributed by atoms with E-state index in [1.807, 2.05) is 43.0 Å². The molecule has 3 heterocycles. The van der Waals surface area contributed by atoms with E-state index in [1.165, 1.54) is 0 Å². The van der Waals surface area contributed by atoms with Gasteiger partial charge in [-0.1, -0.05) is 12.1 Å². The van der Waals surface area contributed by atoms with E-state index >= 15 is 0 Å². The van der Waals surface area contributed by atoms with Crippen LogP contribution in [0.1, 0.15) is 25.8 Å². The average molecular weight is 363 g/mol. The molecule has 7 nitrogen and oxygen atoms in total. The van der Waals surface area contributed by atoms with E-state index in [0.29, 0.717) is 19.5 Å². The quantitative estimate of drug-likeness (QED) is 0.811. The van der Waals surface area contributed by atoms with Crippen LogP contribution in [-0.2, 0) is 30.3 Å². The summed E-state index contributed by atoms with van der Waals surface area (Å²) >= 11 is 0. The molecule has 142 valence electrons. The minimum atomic E-state index is -1.04. The number of benzene rings is 1. The standard InChI is InChI=1S/C19H25NO6/c1-18(2)24-14-15(25-18)19(26-16(14)23-4)9-10-20(17(19)21)11-12-5-7-13(22-3)8-6-12/h5-8,14-16H,9-11H2,1-4H3/t14-,15+,16-,19+/m1/s1. The first kappa shape index (κ1) is 17.7. The summed E-state index contributed by atoms with van der Waals surface area (Å²) in [6.07, 6.45) is -0.912. The Morgan fingerprint density at radius 2 is 1.88 bits per heavy atom. The van der Waals surface area contributed by atoms with Crippen molar-refractivity contribution >= 4 is 5.91 Å². The minimum absolute atomic E-state index is 0.0656. The molecule has 26 heavy (non-hydrogen) atoms. The maximum Gasteiger partial charge on any atom is 0.258 e. The molecule has 0 unspecified atom stereocenters. The van der Waals surface area contributed by atoms with E-state index in [0.717, 1.165) is 11.3 Å². The van der Waals surface area contributed by atoms with Crippen LogP contribution in [0.25, 0.3) is 0 Å². The third kappa shape index (κ3) is 2.70. The van der Waals surface area contributed by atoms with Crippen molar-refractivity contribution in [3.05, 3.63) is 29.8 Å². The van der Waals surface area contributed by atoms with E-state index in [4.69, 9.17) is 23.7 Å². The molecule has 4 atom stereocenters. The molecule has 3 saturated heterocycles. The number of hydrogen-bond acceptors (Lipinski definition) is 6. The molecule has 0 radical (unpaired) electrons. The molecule has 1 aromatic carbocycles. The fourth-order valence-electron chi connectivity index (χ4n) is 4.13. The van der Waals surface area contributed by atoms with Crippen molar-refractivity contribution in [1.82, 2.24) is 4.90 Å². The Labute approximate surface area is 153 Å². The lowest BCUT2D eigenvalue weighted by atomic mass is 9.93. The third-order valence-corrected chi connectivity index (χ3v) is 5.35. The van der Waals surface area contributed by atoms with Gasteiger partial charge in [0.2, 0.25) is 0 Å². The Morgan fingerprint density at radius 3 is 2.54 bits per heavy atom. The third-order valence-electron chi connectivity index (χ3n) is 5.35. The van der Waals surface area contributed by atoms with Gasteiger partial charge in [-0.05, 0) is 31.5 Å². The van der Waals surface area contributed by atoms with Gasteiger partial charge in [0.05, 0.1) is 7.11 Å². The van der Waals surface area contributed by atoms with Crippen LogP contribution in [0.3, 0.4) is 0 Å². The van der Waals surface area contributed by atoms with Crippen molar-refractivity contribution in [3.63, 3.8) is 0 Å². The number of likely N-dealkylation sites (tertiary alicyclic amines) is 1. The predicted molar refractivity (Wildman–Crippen MR) is 91.5 cm³/mol. The van der Waals surface area contributed by atoms with Gasteiger partial charge in [-0.2, -0.15) is 0 Å². The number of fused-ring (bicyclic) bond motifs is 2. The first-order valence-electron chi connectivity index (χ1n) is 8.87. The second-order valence-corrected chi connectivity index (χ2v) is 7.46. The zero-order chi connectivity index (χ0) is 18.5. The molecule has 3 aliphatic rings. The van der Waals surface area contributed by atoms with Crippen molar-refractivity contribution in [2.75, 3.05) is 20.8 Å². The Kier molecular flexibility index (Phi) is 4.23. The molecule has 0 N–H and O–H groups in total. The molecule has 1 aromatic rings. The molecule has 7 heteroatoms. The predicted octanol–water partition coefficient (Wildman–Crippen LogP) is 1.69. The SMILES string of the molecule is COc1ccc(CN2CC[C@@]3(O[C@@H](OC)[C@@H]4OC(C)(C)O[C@@H]43)C2=O)cc1. The van der Waals surface area contributed by atoms with Crippen LogP contribution in [0.5, 0.6) is 5.75 Å². The first-order chi connectivity index (χ1) is 12.4. The molecule has 0 aliphatic carbocycles. The smallest absolute Gasteiger partial charge is 0.258 e. The summed E-state index contributed by atoms with van der Waals surface area (Å²) in [5.41, 5.74) is 0.00365. The number of hydrogen-bond donors (Lipinski definition) is 0. The van der Waals surface area contributed by atoms with Gasteiger partial charge in [0.25, 0.3) is 5.91 Å². The lowest BCUT2D eigenvalue weighted by Crippen LogP contribution is -2.49. The minimum Gasteiger partial charge on any atom is -0.497 e. The topological polar surface area (TPSA) is 66.5 Å². The van der Waals surface area contributed by atoms with Gasteiger partial charge in [0.1, 0.15) is 18.0 Å². The highest BCUT2D eigenvalue weighted by atomic mass is 16.8. The summed E-state index contributed by atoms with van der Waals surface area (Å²) < 4.78 is 28.6. The van der Waals surface area contributed by atoms with Crippen molar-refractivity contribution in [3.8, 4) is 5.75 Å². The maximum atomic E-state index is 13.3. The number of nitrogens with zero attached hydrogens (tertiary/aromatic N) is 1. The highest BCUT2D eigenvalue weighted by molar-refractivity contribution is 5.89. The van der Waals surface area contributed by atoms with Crippen LogP contribution in [0.15, 0.2) is 24.3 Å². The zero-order valence-electron chi connectivity index (χ0n) is 15.6. The summed E-state index contributed by atoms with van der Waals surface area (Å²) in [4.78, 5) is 15.1. The van der Waals surface area contributed by atoms with Gasteiger partial charge in [-0.25, -0.2) is 0 Å². The highest BCUT2D eigenvalue weighted by Gasteiger charge is 2.68. The van der Waals surface area contributed by atoms with Crippen molar-refractivity contribution < 1.29 is 28.5 Å². The van der Waals surface area contributed by atoms with Crippen LogP contribution in [0, 0.1) is 0 Å². The Balaban J connectivity index is 1.54. The fourth-order valence-corrected chi connectivity index (χ4v) is 4.13. The molecule has 1 amide bonds. The normalized spacial score (nSPS) is 35.3. The first-order valence-corrected chi connectivity index (χ1v) is 8.87. The van der Waals surface area contributed by atoms with Crippen LogP contribution >= 0.6 is 0 Å². The lowest BCUT2D eigenvalue weighted by Gasteiger charge is -2.29. The molecular weight excluding hydrogens is 338 g/mol. The number of rotatable bonds is 4. The second-order valence-electron chi connectivity index (χ2n) is 7.46. The summed E-state index contributed by atoms with van der Waals surface area (Å²) in [5.74, 6) is -0.0298. The van der Waals surface area contributed by atoms with E-state index in [-0.39, 0.29) is 5.91 Å². The van der Waals surface area contributed by atoms with Gasteiger partial charge in [0, 0.05) is 26.6 Å². The number of carbonyl (C=O) groups is 1. The Morgan fingerprint density at radius 1 is 1.15 bits per heavy atom. The molecule has 3 fully saturated rings. The summed E-state index contributed by atoms with van der Waals surface area (Å²) in [5, 5.41) is 0. The van der Waals surface area contributed by atoms with E-state index in [9.17, 15) is 4.79 Å². The Bertz CT molecular complexity index is 690. The van der Waals surface area contributed by atoms with Crippen LogP contribution < -0.4 is 4.74 Å². The number of carbonyl (C=O) groups excluding carboxylic acids is 1. The lowest BCUT2D eigenvalue weighted by molar-refractivity contribution is -0.245. The summed E-state index contributed by atoms with van der Waals surface area (Å²) in [6, 6.07) is 7.72. The molecule has 0 saturated carbocycles. The van der Waals surface area contributed by atoms with Crippen LogP contribution in [0.4, 0.5) is 0 Å². The van der Waals surface area contributed by atoms with Crippen LogP contribution in [-0.4, -0.2) is 61.5 Å². The van der Waals surface area contributed by atoms with Crippen molar-refractivity contribution in [2.45, 2.75) is 56.7 Å².